The van der Waals surface area contributed by atoms with Crippen molar-refractivity contribution < 1.29 is 0 Å². The van der Waals surface area contributed by atoms with E-state index in [1.54, 1.807) is 0 Å². The smallest absolute Gasteiger partial charge is 0.0425 e. The SMILES string of the molecule is NCc1c(Br)cccc1N1CCC[C@H]2CCCC[C@H]21. The Morgan fingerprint density at radius 3 is 2.79 bits per heavy atom. The Morgan fingerprint density at radius 2 is 1.95 bits per heavy atom. The molecule has 1 aromatic carbocycles. The third kappa shape index (κ3) is 2.55. The van der Waals surface area contributed by atoms with Crippen molar-refractivity contribution in [2.24, 2.45) is 11.7 Å². The molecular formula is C16H23BrN2. The number of anilines is 1. The highest BCUT2D eigenvalue weighted by atomic mass is 79.9. The minimum atomic E-state index is 0.616. The van der Waals surface area contributed by atoms with Crippen LogP contribution in [0.15, 0.2) is 22.7 Å². The van der Waals surface area contributed by atoms with Gasteiger partial charge in [0.1, 0.15) is 0 Å². The summed E-state index contributed by atoms with van der Waals surface area (Å²) in [6.45, 7) is 1.81. The molecule has 0 bridgehead atoms. The first-order valence-electron chi connectivity index (χ1n) is 7.55. The molecule has 19 heavy (non-hydrogen) atoms. The largest absolute Gasteiger partial charge is 0.368 e. The molecule has 1 saturated heterocycles. The number of hydrogen-bond acceptors (Lipinski definition) is 2. The van der Waals surface area contributed by atoms with E-state index in [1.165, 1.54) is 56.3 Å². The van der Waals surface area contributed by atoms with Gasteiger partial charge in [-0.2, -0.15) is 0 Å². The summed E-state index contributed by atoms with van der Waals surface area (Å²) in [4.78, 5) is 2.65. The number of nitrogens with zero attached hydrogens (tertiary/aromatic N) is 1. The van der Waals surface area contributed by atoms with Crippen LogP contribution in [-0.4, -0.2) is 12.6 Å². The minimum absolute atomic E-state index is 0.616. The predicted octanol–water partition coefficient (Wildman–Crippen LogP) is 4.07. The lowest BCUT2D eigenvalue weighted by Crippen LogP contribution is -2.47. The molecule has 0 radical (unpaired) electrons. The Morgan fingerprint density at radius 1 is 1.16 bits per heavy atom. The fraction of sp³-hybridized carbons (Fsp3) is 0.625. The molecule has 1 aliphatic carbocycles. The molecule has 3 rings (SSSR count). The summed E-state index contributed by atoms with van der Waals surface area (Å²) in [6.07, 6.45) is 8.36. The van der Waals surface area contributed by atoms with Crippen molar-refractivity contribution in [2.45, 2.75) is 51.1 Å². The number of benzene rings is 1. The van der Waals surface area contributed by atoms with Crippen LogP contribution in [0.2, 0.25) is 0 Å². The maximum Gasteiger partial charge on any atom is 0.0425 e. The Hall–Kier alpha value is -0.540. The molecule has 0 spiro atoms. The van der Waals surface area contributed by atoms with Gasteiger partial charge in [0.2, 0.25) is 0 Å². The summed E-state index contributed by atoms with van der Waals surface area (Å²) in [5.41, 5.74) is 8.61. The van der Waals surface area contributed by atoms with Gasteiger partial charge >= 0.3 is 0 Å². The summed E-state index contributed by atoms with van der Waals surface area (Å²) in [7, 11) is 0. The lowest BCUT2D eigenvalue weighted by molar-refractivity contribution is 0.243. The molecule has 2 nitrogen and oxygen atoms in total. The Balaban J connectivity index is 1.94. The second-order valence-electron chi connectivity index (χ2n) is 5.89. The van der Waals surface area contributed by atoms with Crippen molar-refractivity contribution in [3.63, 3.8) is 0 Å². The van der Waals surface area contributed by atoms with Crippen LogP contribution in [0.4, 0.5) is 5.69 Å². The van der Waals surface area contributed by atoms with Crippen molar-refractivity contribution in [3.05, 3.63) is 28.2 Å². The van der Waals surface area contributed by atoms with Gasteiger partial charge in [-0.05, 0) is 43.7 Å². The minimum Gasteiger partial charge on any atom is -0.368 e. The van der Waals surface area contributed by atoms with Crippen LogP contribution in [0.3, 0.4) is 0 Å². The highest BCUT2D eigenvalue weighted by Gasteiger charge is 2.34. The number of halogens is 1. The molecule has 104 valence electrons. The van der Waals surface area contributed by atoms with Crippen LogP contribution in [0.1, 0.15) is 44.1 Å². The van der Waals surface area contributed by atoms with E-state index in [-0.39, 0.29) is 0 Å². The monoisotopic (exact) mass is 322 g/mol. The third-order valence-corrected chi connectivity index (χ3v) is 5.59. The van der Waals surface area contributed by atoms with Gasteiger partial charge in [0.25, 0.3) is 0 Å². The maximum absolute atomic E-state index is 5.97. The highest BCUT2D eigenvalue weighted by Crippen LogP contribution is 2.39. The predicted molar refractivity (Wildman–Crippen MR) is 84.4 cm³/mol. The zero-order chi connectivity index (χ0) is 13.2. The second kappa shape index (κ2) is 5.84. The van der Waals surface area contributed by atoms with Crippen molar-refractivity contribution in [2.75, 3.05) is 11.4 Å². The lowest BCUT2D eigenvalue weighted by atomic mass is 9.78. The Bertz CT molecular complexity index is 444. The lowest BCUT2D eigenvalue weighted by Gasteiger charge is -2.46. The molecule has 1 aromatic rings. The first-order valence-corrected chi connectivity index (χ1v) is 8.34. The van der Waals surface area contributed by atoms with Gasteiger partial charge in [-0.25, -0.2) is 0 Å². The molecule has 2 atom stereocenters. The van der Waals surface area contributed by atoms with Crippen molar-refractivity contribution >= 4 is 21.6 Å². The van der Waals surface area contributed by atoms with Crippen LogP contribution in [-0.2, 0) is 6.54 Å². The molecule has 1 saturated carbocycles. The van der Waals surface area contributed by atoms with Crippen LogP contribution < -0.4 is 10.6 Å². The number of nitrogens with two attached hydrogens (primary N) is 1. The van der Waals surface area contributed by atoms with E-state index in [0.29, 0.717) is 6.54 Å². The van der Waals surface area contributed by atoms with Crippen molar-refractivity contribution in [1.82, 2.24) is 0 Å². The quantitative estimate of drug-likeness (QED) is 0.889. The van der Waals surface area contributed by atoms with Gasteiger partial charge in [-0.3, -0.25) is 0 Å². The number of rotatable bonds is 2. The molecule has 2 fully saturated rings. The van der Waals surface area contributed by atoms with Gasteiger partial charge in [0.15, 0.2) is 0 Å². The summed E-state index contributed by atoms with van der Waals surface area (Å²) in [6, 6.07) is 7.25. The van der Waals surface area contributed by atoms with Crippen LogP contribution in [0.5, 0.6) is 0 Å². The van der Waals surface area contributed by atoms with E-state index in [1.807, 2.05) is 0 Å². The highest BCUT2D eigenvalue weighted by molar-refractivity contribution is 9.10. The van der Waals surface area contributed by atoms with E-state index >= 15 is 0 Å². The molecule has 1 heterocycles. The molecule has 0 aromatic heterocycles. The Kier molecular flexibility index (Phi) is 4.13. The normalized spacial score (nSPS) is 27.2. The molecule has 3 heteroatoms. The molecular weight excluding hydrogens is 300 g/mol. The van der Waals surface area contributed by atoms with Crippen LogP contribution >= 0.6 is 15.9 Å². The van der Waals surface area contributed by atoms with Gasteiger partial charge < -0.3 is 10.6 Å². The van der Waals surface area contributed by atoms with E-state index in [2.05, 4.69) is 39.0 Å². The topological polar surface area (TPSA) is 29.3 Å². The summed E-state index contributed by atoms with van der Waals surface area (Å²) < 4.78 is 1.16. The zero-order valence-corrected chi connectivity index (χ0v) is 13.0. The van der Waals surface area contributed by atoms with Crippen molar-refractivity contribution in [1.29, 1.82) is 0 Å². The van der Waals surface area contributed by atoms with Crippen LogP contribution in [0.25, 0.3) is 0 Å². The fourth-order valence-corrected chi connectivity index (χ4v) is 4.46. The molecule has 0 amide bonds. The van der Waals surface area contributed by atoms with Gasteiger partial charge in [0, 0.05) is 34.9 Å². The molecule has 1 aliphatic heterocycles. The van der Waals surface area contributed by atoms with E-state index in [0.717, 1.165) is 16.4 Å². The first kappa shape index (κ1) is 13.4. The van der Waals surface area contributed by atoms with Crippen molar-refractivity contribution in [3.8, 4) is 0 Å². The van der Waals surface area contributed by atoms with E-state index in [9.17, 15) is 0 Å². The molecule has 2 N–H and O–H groups in total. The standard InChI is InChI=1S/C16H23BrN2/c17-14-7-3-9-16(13(14)11-18)19-10-4-6-12-5-1-2-8-15(12)19/h3,7,9,12,15H,1-2,4-6,8,10-11,18H2/t12-,15-/m1/s1. The van der Waals surface area contributed by atoms with E-state index in [4.69, 9.17) is 5.73 Å². The van der Waals surface area contributed by atoms with Crippen LogP contribution in [0, 0.1) is 5.92 Å². The molecule has 2 aliphatic rings. The van der Waals surface area contributed by atoms with Gasteiger partial charge in [-0.1, -0.05) is 34.8 Å². The van der Waals surface area contributed by atoms with E-state index < -0.39 is 0 Å². The Labute approximate surface area is 124 Å². The summed E-state index contributed by atoms with van der Waals surface area (Å²) in [5.74, 6) is 0.909. The van der Waals surface area contributed by atoms with Gasteiger partial charge in [-0.15, -0.1) is 0 Å². The average Bonchev–Trinajstić information content (AvgIpc) is 2.46. The summed E-state index contributed by atoms with van der Waals surface area (Å²) in [5, 5.41) is 0. The number of hydrogen-bond donors (Lipinski definition) is 1. The third-order valence-electron chi connectivity index (χ3n) is 4.85. The first-order chi connectivity index (χ1) is 9.31. The number of fused-ring (bicyclic) bond motifs is 1. The second-order valence-corrected chi connectivity index (χ2v) is 6.74. The number of piperidine rings is 1. The zero-order valence-electron chi connectivity index (χ0n) is 11.4. The van der Waals surface area contributed by atoms with Gasteiger partial charge in [0.05, 0.1) is 0 Å². The summed E-state index contributed by atoms with van der Waals surface area (Å²) >= 11 is 3.66. The fourth-order valence-electron chi connectivity index (χ4n) is 3.94. The average molecular weight is 323 g/mol. The maximum atomic E-state index is 5.97. The molecule has 0 unspecified atom stereocenters.